The summed E-state index contributed by atoms with van der Waals surface area (Å²) in [5.41, 5.74) is 0. The first-order chi connectivity index (χ1) is 8.12. The maximum atomic E-state index is 12.1. The highest BCUT2D eigenvalue weighted by Crippen LogP contribution is 2.14. The molecule has 0 aromatic heterocycles. The van der Waals surface area contributed by atoms with Gasteiger partial charge in [0.1, 0.15) is 0 Å². The summed E-state index contributed by atoms with van der Waals surface area (Å²) in [5, 5.41) is 0. The number of morpholine rings is 1. The van der Waals surface area contributed by atoms with E-state index < -0.39 is 0 Å². The Kier molecular flexibility index (Phi) is 5.92. The minimum atomic E-state index is 0.238. The molecule has 4 heteroatoms. The van der Waals surface area contributed by atoms with Gasteiger partial charge >= 0.3 is 0 Å². The molecule has 1 aliphatic heterocycles. The average Bonchev–Trinajstić information content (AvgIpc) is 2.31. The van der Waals surface area contributed by atoms with Crippen LogP contribution >= 0.6 is 0 Å². The third kappa shape index (κ3) is 3.96. The highest BCUT2D eigenvalue weighted by Gasteiger charge is 2.27. The Balaban J connectivity index is 2.54. The summed E-state index contributed by atoms with van der Waals surface area (Å²) in [5.74, 6) is 0.238. The summed E-state index contributed by atoms with van der Waals surface area (Å²) in [7, 11) is 0. The molecular weight excluding hydrogens is 216 g/mol. The fourth-order valence-electron chi connectivity index (χ4n) is 2.33. The van der Waals surface area contributed by atoms with Crippen LogP contribution in [0.25, 0.3) is 0 Å². The van der Waals surface area contributed by atoms with Crippen molar-refractivity contribution in [3.8, 4) is 0 Å². The van der Waals surface area contributed by atoms with Gasteiger partial charge in [-0.2, -0.15) is 0 Å². The van der Waals surface area contributed by atoms with Crippen molar-refractivity contribution < 1.29 is 9.53 Å². The molecule has 1 aliphatic rings. The Morgan fingerprint density at radius 3 is 2.53 bits per heavy atom. The maximum Gasteiger partial charge on any atom is 0.236 e. The molecule has 1 amide bonds. The zero-order chi connectivity index (χ0) is 12.8. The Morgan fingerprint density at radius 2 is 2.00 bits per heavy atom. The lowest BCUT2D eigenvalue weighted by atomic mass is 10.1. The van der Waals surface area contributed by atoms with Crippen LogP contribution in [0, 0.1) is 0 Å². The van der Waals surface area contributed by atoms with Gasteiger partial charge < -0.3 is 9.64 Å². The number of carbonyl (C=O) groups is 1. The first-order valence-corrected chi connectivity index (χ1v) is 6.75. The molecule has 1 saturated heterocycles. The molecule has 4 nitrogen and oxygen atoms in total. The fraction of sp³-hybridized carbons (Fsp3) is 0.923. The summed E-state index contributed by atoms with van der Waals surface area (Å²) in [6.45, 7) is 12.0. The lowest BCUT2D eigenvalue weighted by Gasteiger charge is -2.38. The van der Waals surface area contributed by atoms with E-state index in [9.17, 15) is 4.79 Å². The molecule has 0 bridgehead atoms. The number of hydrogen-bond acceptors (Lipinski definition) is 3. The van der Waals surface area contributed by atoms with Gasteiger partial charge in [0.2, 0.25) is 5.91 Å². The number of amides is 1. The average molecular weight is 242 g/mol. The van der Waals surface area contributed by atoms with Gasteiger partial charge in [0.05, 0.1) is 19.3 Å². The molecular formula is C13H26N2O2. The minimum Gasteiger partial charge on any atom is -0.376 e. The van der Waals surface area contributed by atoms with Gasteiger partial charge in [0.15, 0.2) is 0 Å². The number of nitrogens with zero attached hydrogens (tertiary/aromatic N) is 2. The Bertz CT molecular complexity index is 242. The molecule has 0 saturated carbocycles. The van der Waals surface area contributed by atoms with Gasteiger partial charge in [-0.25, -0.2) is 0 Å². The van der Waals surface area contributed by atoms with E-state index in [4.69, 9.17) is 4.74 Å². The van der Waals surface area contributed by atoms with Gasteiger partial charge in [-0.3, -0.25) is 9.69 Å². The SMILES string of the molecule is CC[C@H]1CO[C@H](C)CN1CC(=O)N(CC)CC. The number of rotatable bonds is 5. The molecule has 0 aliphatic carbocycles. The van der Waals surface area contributed by atoms with Crippen LogP contribution in [0.1, 0.15) is 34.1 Å². The van der Waals surface area contributed by atoms with Gasteiger partial charge in [-0.05, 0) is 27.2 Å². The van der Waals surface area contributed by atoms with E-state index in [0.29, 0.717) is 12.6 Å². The molecule has 1 fully saturated rings. The van der Waals surface area contributed by atoms with Crippen LogP contribution in [0.4, 0.5) is 0 Å². The van der Waals surface area contributed by atoms with Gasteiger partial charge in [-0.1, -0.05) is 6.92 Å². The van der Waals surface area contributed by atoms with E-state index in [1.165, 1.54) is 0 Å². The van der Waals surface area contributed by atoms with E-state index in [1.54, 1.807) is 0 Å². The predicted octanol–water partition coefficient (Wildman–Crippen LogP) is 1.35. The highest BCUT2D eigenvalue weighted by molar-refractivity contribution is 5.78. The van der Waals surface area contributed by atoms with Crippen molar-refractivity contribution in [1.29, 1.82) is 0 Å². The van der Waals surface area contributed by atoms with Crippen LogP contribution in [-0.4, -0.2) is 60.6 Å². The molecule has 0 spiro atoms. The first-order valence-electron chi connectivity index (χ1n) is 6.75. The zero-order valence-corrected chi connectivity index (χ0v) is 11.6. The van der Waals surface area contributed by atoms with E-state index in [0.717, 1.165) is 32.7 Å². The summed E-state index contributed by atoms with van der Waals surface area (Å²) in [6, 6.07) is 0.394. The second kappa shape index (κ2) is 6.97. The highest BCUT2D eigenvalue weighted by atomic mass is 16.5. The Morgan fingerprint density at radius 1 is 1.35 bits per heavy atom. The van der Waals surface area contributed by atoms with Gasteiger partial charge in [0.25, 0.3) is 0 Å². The van der Waals surface area contributed by atoms with E-state index in [-0.39, 0.29) is 12.0 Å². The van der Waals surface area contributed by atoms with Crippen LogP contribution in [0.3, 0.4) is 0 Å². The topological polar surface area (TPSA) is 32.8 Å². The number of ether oxygens (including phenoxy) is 1. The largest absolute Gasteiger partial charge is 0.376 e. The van der Waals surface area contributed by atoms with Crippen molar-refractivity contribution in [2.45, 2.75) is 46.3 Å². The van der Waals surface area contributed by atoms with Gasteiger partial charge in [-0.15, -0.1) is 0 Å². The minimum absolute atomic E-state index is 0.238. The summed E-state index contributed by atoms with van der Waals surface area (Å²) in [4.78, 5) is 16.3. The van der Waals surface area contributed by atoms with Crippen LogP contribution in [0.2, 0.25) is 0 Å². The molecule has 0 unspecified atom stereocenters. The molecule has 0 aromatic carbocycles. The maximum absolute atomic E-state index is 12.1. The van der Waals surface area contributed by atoms with Gasteiger partial charge in [0, 0.05) is 25.7 Å². The number of carbonyl (C=O) groups excluding carboxylic acids is 1. The predicted molar refractivity (Wildman–Crippen MR) is 69.0 cm³/mol. The molecule has 1 heterocycles. The van der Waals surface area contributed by atoms with Crippen molar-refractivity contribution in [1.82, 2.24) is 9.80 Å². The van der Waals surface area contributed by atoms with Crippen LogP contribution in [0.15, 0.2) is 0 Å². The molecule has 2 atom stereocenters. The third-order valence-electron chi connectivity index (χ3n) is 3.51. The molecule has 0 aromatic rings. The molecule has 0 radical (unpaired) electrons. The monoisotopic (exact) mass is 242 g/mol. The van der Waals surface area contributed by atoms with Crippen molar-refractivity contribution in [3.05, 3.63) is 0 Å². The summed E-state index contributed by atoms with van der Waals surface area (Å²) < 4.78 is 5.64. The number of likely N-dealkylation sites (N-methyl/N-ethyl adjacent to an activating group) is 1. The molecule has 0 N–H and O–H groups in total. The first kappa shape index (κ1) is 14.5. The standard InChI is InChI=1S/C13H26N2O2/c1-5-12-10-17-11(4)8-15(12)9-13(16)14(6-2)7-3/h11-12H,5-10H2,1-4H3/t11-,12+/m1/s1. The zero-order valence-electron chi connectivity index (χ0n) is 11.6. The Hall–Kier alpha value is -0.610. The molecule has 100 valence electrons. The van der Waals surface area contributed by atoms with E-state index in [1.807, 2.05) is 18.7 Å². The van der Waals surface area contributed by atoms with Crippen molar-refractivity contribution in [2.75, 3.05) is 32.8 Å². The van der Waals surface area contributed by atoms with Crippen LogP contribution in [0.5, 0.6) is 0 Å². The van der Waals surface area contributed by atoms with E-state index in [2.05, 4.69) is 18.7 Å². The summed E-state index contributed by atoms with van der Waals surface area (Å²) in [6.07, 6.45) is 1.28. The fourth-order valence-corrected chi connectivity index (χ4v) is 2.33. The second-order valence-electron chi connectivity index (χ2n) is 4.70. The lowest BCUT2D eigenvalue weighted by molar-refractivity contribution is -0.136. The Labute approximate surface area is 105 Å². The molecule has 17 heavy (non-hydrogen) atoms. The van der Waals surface area contributed by atoms with Crippen molar-refractivity contribution in [2.24, 2.45) is 0 Å². The lowest BCUT2D eigenvalue weighted by Crippen LogP contribution is -2.52. The normalized spacial score (nSPS) is 25.9. The third-order valence-corrected chi connectivity index (χ3v) is 3.51. The van der Waals surface area contributed by atoms with Crippen molar-refractivity contribution in [3.63, 3.8) is 0 Å². The van der Waals surface area contributed by atoms with E-state index >= 15 is 0 Å². The molecule has 1 rings (SSSR count). The smallest absolute Gasteiger partial charge is 0.236 e. The van der Waals surface area contributed by atoms with Crippen molar-refractivity contribution >= 4 is 5.91 Å². The van der Waals surface area contributed by atoms with Crippen LogP contribution < -0.4 is 0 Å². The second-order valence-corrected chi connectivity index (χ2v) is 4.70. The number of hydrogen-bond donors (Lipinski definition) is 0. The summed E-state index contributed by atoms with van der Waals surface area (Å²) >= 11 is 0. The quantitative estimate of drug-likeness (QED) is 0.729. The van der Waals surface area contributed by atoms with Crippen LogP contribution in [-0.2, 0) is 9.53 Å².